The van der Waals surface area contributed by atoms with Crippen molar-refractivity contribution in [2.45, 2.75) is 20.0 Å². The maximum Gasteiger partial charge on any atom is 0.335 e. The second-order valence-corrected chi connectivity index (χ2v) is 7.05. The normalized spacial score (nSPS) is 10.6. The van der Waals surface area contributed by atoms with E-state index in [2.05, 4.69) is 50.9 Å². The Morgan fingerprint density at radius 3 is 2.35 bits per heavy atom. The van der Waals surface area contributed by atoms with Crippen LogP contribution in [0.5, 0.6) is 5.75 Å². The van der Waals surface area contributed by atoms with Crippen molar-refractivity contribution in [3.05, 3.63) is 48.5 Å². The van der Waals surface area contributed by atoms with Gasteiger partial charge in [-0.05, 0) is 62.5 Å². The molecule has 0 fully saturated rings. The second-order valence-electron chi connectivity index (χ2n) is 4.08. The number of benzene rings is 1. The van der Waals surface area contributed by atoms with Crippen LogP contribution in [-0.4, -0.2) is 11.1 Å². The number of hydrogen-bond donors (Lipinski definition) is 1. The smallest absolute Gasteiger partial charge is 0.335 e. The molecular weight excluding hydrogens is 408 g/mol. The first-order valence-corrected chi connectivity index (χ1v) is 8.34. The van der Waals surface area contributed by atoms with Crippen LogP contribution in [0.4, 0.5) is 0 Å². The maximum absolute atomic E-state index is 11.0. The molecular formula is C14H12Br2O3S. The molecule has 1 aromatic heterocycles. The fourth-order valence-corrected chi connectivity index (χ4v) is 3.94. The summed E-state index contributed by atoms with van der Waals surface area (Å²) in [6.45, 7) is 2.59. The van der Waals surface area contributed by atoms with Gasteiger partial charge in [-0.2, -0.15) is 0 Å². The van der Waals surface area contributed by atoms with Crippen LogP contribution in [0.2, 0.25) is 0 Å². The van der Waals surface area contributed by atoms with Gasteiger partial charge in [0.2, 0.25) is 0 Å². The summed E-state index contributed by atoms with van der Waals surface area (Å²) in [7, 11) is 0. The fraction of sp³-hybridized carbons (Fsp3) is 0.214. The summed E-state index contributed by atoms with van der Waals surface area (Å²) in [5.74, 6) is -0.356. The molecule has 1 heterocycles. The van der Waals surface area contributed by atoms with E-state index in [0.29, 0.717) is 21.3 Å². The number of ether oxygens (including phenoxy) is 1. The highest BCUT2D eigenvalue weighted by Crippen LogP contribution is 2.35. The lowest BCUT2D eigenvalue weighted by Crippen LogP contribution is -1.99. The highest BCUT2D eigenvalue weighted by Gasteiger charge is 2.13. The molecule has 106 valence electrons. The minimum Gasteiger partial charge on any atom is -0.486 e. The van der Waals surface area contributed by atoms with Crippen molar-refractivity contribution >= 4 is 49.2 Å². The van der Waals surface area contributed by atoms with E-state index in [0.717, 1.165) is 11.3 Å². The van der Waals surface area contributed by atoms with E-state index in [1.54, 1.807) is 11.3 Å². The lowest BCUT2D eigenvalue weighted by molar-refractivity contribution is 0.0696. The molecule has 2 rings (SSSR count). The molecule has 3 nitrogen and oxygen atoms in total. The van der Waals surface area contributed by atoms with Gasteiger partial charge < -0.3 is 9.84 Å². The molecule has 0 aliphatic rings. The Morgan fingerprint density at radius 1 is 1.25 bits per heavy atom. The second kappa shape index (κ2) is 6.74. The summed E-state index contributed by atoms with van der Waals surface area (Å²) < 4.78 is 7.01. The van der Waals surface area contributed by atoms with E-state index in [4.69, 9.17) is 9.84 Å². The summed E-state index contributed by atoms with van der Waals surface area (Å²) in [4.78, 5) is 13.4. The first kappa shape index (κ1) is 15.5. The van der Waals surface area contributed by atoms with Crippen LogP contribution in [0.1, 0.15) is 27.0 Å². The van der Waals surface area contributed by atoms with Gasteiger partial charge >= 0.3 is 5.97 Å². The Morgan fingerprint density at radius 2 is 1.85 bits per heavy atom. The Hall–Kier alpha value is -0.850. The molecule has 20 heavy (non-hydrogen) atoms. The van der Waals surface area contributed by atoms with Gasteiger partial charge in [0, 0.05) is 9.75 Å². The molecule has 0 bridgehead atoms. The third-order valence-corrected chi connectivity index (χ3v) is 5.05. The summed E-state index contributed by atoms with van der Waals surface area (Å²) in [5.41, 5.74) is 0.209. The molecule has 0 atom stereocenters. The van der Waals surface area contributed by atoms with Crippen LogP contribution >= 0.6 is 43.2 Å². The average molecular weight is 420 g/mol. The predicted octanol–water partition coefficient (Wildman–Crippen LogP) is 5.11. The van der Waals surface area contributed by atoms with Gasteiger partial charge in [-0.3, -0.25) is 0 Å². The summed E-state index contributed by atoms with van der Waals surface area (Å²) in [6.07, 6.45) is 1.02. The average Bonchev–Trinajstić information content (AvgIpc) is 2.85. The summed E-state index contributed by atoms with van der Waals surface area (Å²) >= 11 is 8.41. The zero-order valence-corrected chi connectivity index (χ0v) is 14.6. The van der Waals surface area contributed by atoms with E-state index in [1.807, 2.05) is 0 Å². The van der Waals surface area contributed by atoms with Gasteiger partial charge in [0.05, 0.1) is 14.5 Å². The van der Waals surface area contributed by atoms with Gasteiger partial charge in [-0.1, -0.05) is 6.92 Å². The van der Waals surface area contributed by atoms with Crippen LogP contribution in [0.3, 0.4) is 0 Å². The van der Waals surface area contributed by atoms with E-state index in [1.165, 1.54) is 17.0 Å². The third-order valence-electron chi connectivity index (χ3n) is 2.67. The number of aryl methyl sites for hydroxylation is 1. The first-order chi connectivity index (χ1) is 9.51. The minimum absolute atomic E-state index is 0.209. The fourth-order valence-electron chi connectivity index (χ4n) is 1.65. The molecule has 0 amide bonds. The third kappa shape index (κ3) is 3.62. The highest BCUT2D eigenvalue weighted by molar-refractivity contribution is 9.11. The topological polar surface area (TPSA) is 46.5 Å². The molecule has 0 radical (unpaired) electrons. The number of rotatable bonds is 5. The van der Waals surface area contributed by atoms with Crippen molar-refractivity contribution in [1.82, 2.24) is 0 Å². The number of carboxylic acid groups (broad SMARTS) is 1. The molecule has 6 heteroatoms. The summed E-state index contributed by atoms with van der Waals surface area (Å²) in [6, 6.07) is 7.22. The molecule has 1 N–H and O–H groups in total. The number of thiophene rings is 1. The molecule has 1 aromatic carbocycles. The molecule has 0 saturated carbocycles. The Bertz CT molecular complexity index is 614. The molecule has 0 unspecified atom stereocenters. The number of halogens is 2. The monoisotopic (exact) mass is 418 g/mol. The predicted molar refractivity (Wildman–Crippen MR) is 86.8 cm³/mol. The lowest BCUT2D eigenvalue weighted by atomic mass is 10.2. The van der Waals surface area contributed by atoms with E-state index in [9.17, 15) is 4.79 Å². The largest absolute Gasteiger partial charge is 0.486 e. The molecule has 0 spiro atoms. The van der Waals surface area contributed by atoms with Gasteiger partial charge in [0.1, 0.15) is 12.4 Å². The van der Waals surface area contributed by atoms with Crippen molar-refractivity contribution in [3.8, 4) is 5.75 Å². The van der Waals surface area contributed by atoms with E-state index in [-0.39, 0.29) is 5.56 Å². The Balaban J connectivity index is 2.15. The van der Waals surface area contributed by atoms with Crippen LogP contribution in [0, 0.1) is 0 Å². The highest BCUT2D eigenvalue weighted by atomic mass is 79.9. The van der Waals surface area contributed by atoms with Crippen molar-refractivity contribution in [3.63, 3.8) is 0 Å². The number of carboxylic acids is 1. The zero-order chi connectivity index (χ0) is 14.7. The van der Waals surface area contributed by atoms with Gasteiger partial charge in [-0.15, -0.1) is 11.3 Å². The minimum atomic E-state index is -0.969. The van der Waals surface area contributed by atoms with Crippen molar-refractivity contribution < 1.29 is 14.6 Å². The van der Waals surface area contributed by atoms with Crippen LogP contribution in [-0.2, 0) is 13.0 Å². The van der Waals surface area contributed by atoms with Crippen molar-refractivity contribution in [1.29, 1.82) is 0 Å². The SMILES string of the molecule is CCc1ccc(COc2c(Br)cc(C(=O)O)cc2Br)s1. The lowest BCUT2D eigenvalue weighted by Gasteiger charge is -2.10. The zero-order valence-electron chi connectivity index (χ0n) is 10.7. The van der Waals surface area contributed by atoms with E-state index >= 15 is 0 Å². The molecule has 0 aliphatic heterocycles. The number of aromatic carboxylic acids is 1. The van der Waals surface area contributed by atoms with E-state index < -0.39 is 5.97 Å². The standard InChI is InChI=1S/C14H12Br2O3S/c1-2-9-3-4-10(20-9)7-19-13-11(15)5-8(14(17)18)6-12(13)16/h3-6H,2,7H2,1H3,(H,17,18). The molecule has 0 aliphatic carbocycles. The number of hydrogen-bond acceptors (Lipinski definition) is 3. The first-order valence-electron chi connectivity index (χ1n) is 5.94. The number of carbonyl (C=O) groups is 1. The van der Waals surface area contributed by atoms with Crippen LogP contribution < -0.4 is 4.74 Å². The van der Waals surface area contributed by atoms with Crippen LogP contribution in [0.15, 0.2) is 33.2 Å². The van der Waals surface area contributed by atoms with Gasteiger partial charge in [0.25, 0.3) is 0 Å². The Kier molecular flexibility index (Phi) is 5.23. The van der Waals surface area contributed by atoms with Crippen LogP contribution in [0.25, 0.3) is 0 Å². The Labute approximate surface area is 137 Å². The van der Waals surface area contributed by atoms with Gasteiger partial charge in [0.15, 0.2) is 0 Å². The summed E-state index contributed by atoms with van der Waals surface area (Å²) in [5, 5.41) is 8.98. The van der Waals surface area contributed by atoms with Gasteiger partial charge in [-0.25, -0.2) is 4.79 Å². The molecule has 0 saturated heterocycles. The molecule has 2 aromatic rings. The quantitative estimate of drug-likeness (QED) is 0.732. The maximum atomic E-state index is 11.0. The van der Waals surface area contributed by atoms with Crippen molar-refractivity contribution in [2.24, 2.45) is 0 Å². The van der Waals surface area contributed by atoms with Crippen molar-refractivity contribution in [2.75, 3.05) is 0 Å².